The first kappa shape index (κ1) is 15.6. The van der Waals surface area contributed by atoms with Crippen LogP contribution in [0.15, 0.2) is 18.2 Å². The fourth-order valence-corrected chi connectivity index (χ4v) is 1.67. The smallest absolute Gasteiger partial charge is 0.203 e. The highest BCUT2D eigenvalue weighted by Crippen LogP contribution is 2.36. The monoisotopic (exact) mass is 267 g/mol. The molecular weight excluding hydrogens is 242 g/mol. The molecule has 0 saturated heterocycles. The summed E-state index contributed by atoms with van der Waals surface area (Å²) in [6.07, 6.45) is 0.929. The number of methoxy groups -OCH3 is 2. The highest BCUT2D eigenvalue weighted by molar-refractivity contribution is 5.51. The quantitative estimate of drug-likeness (QED) is 0.771. The van der Waals surface area contributed by atoms with E-state index >= 15 is 0 Å². The summed E-state index contributed by atoms with van der Waals surface area (Å²) in [6.45, 7) is 7.99. The second-order valence-corrected chi connectivity index (χ2v) is 5.37. The Morgan fingerprint density at radius 1 is 1.05 bits per heavy atom. The van der Waals surface area contributed by atoms with Gasteiger partial charge < -0.3 is 19.5 Å². The molecule has 1 aromatic carbocycles. The molecule has 0 aliphatic heterocycles. The largest absolute Gasteiger partial charge is 0.493 e. The Labute approximate surface area is 116 Å². The normalized spacial score (nSPS) is 11.2. The van der Waals surface area contributed by atoms with Crippen LogP contribution in [-0.4, -0.2) is 32.9 Å². The van der Waals surface area contributed by atoms with E-state index in [0.29, 0.717) is 23.9 Å². The van der Waals surface area contributed by atoms with E-state index in [4.69, 9.17) is 14.2 Å². The van der Waals surface area contributed by atoms with Crippen LogP contribution in [0.5, 0.6) is 17.2 Å². The molecule has 1 aromatic rings. The molecule has 4 heteroatoms. The van der Waals surface area contributed by atoms with Crippen molar-refractivity contribution in [1.29, 1.82) is 0 Å². The van der Waals surface area contributed by atoms with Crippen LogP contribution < -0.4 is 19.5 Å². The van der Waals surface area contributed by atoms with Gasteiger partial charge in [0.2, 0.25) is 5.75 Å². The molecule has 0 radical (unpaired) electrons. The van der Waals surface area contributed by atoms with E-state index in [1.807, 2.05) is 18.2 Å². The second kappa shape index (κ2) is 7.24. The van der Waals surface area contributed by atoms with Gasteiger partial charge in [0, 0.05) is 5.54 Å². The summed E-state index contributed by atoms with van der Waals surface area (Å²) in [6, 6.07) is 5.61. The minimum Gasteiger partial charge on any atom is -0.493 e. The maximum absolute atomic E-state index is 5.77. The summed E-state index contributed by atoms with van der Waals surface area (Å²) in [5.74, 6) is 2.06. The molecule has 0 atom stereocenters. The van der Waals surface area contributed by atoms with Gasteiger partial charge in [-0.05, 0) is 45.9 Å². The fourth-order valence-electron chi connectivity index (χ4n) is 1.67. The molecular formula is C15H25NO3. The standard InChI is InChI=1S/C15H25NO3/c1-15(2,3)16-10-7-11-19-14-12(17-4)8-6-9-13(14)18-5/h6,8-9,16H,7,10-11H2,1-5H3. The third kappa shape index (κ3) is 5.39. The average Bonchev–Trinajstić information content (AvgIpc) is 2.36. The van der Waals surface area contributed by atoms with E-state index in [9.17, 15) is 0 Å². The first-order valence-electron chi connectivity index (χ1n) is 6.57. The lowest BCUT2D eigenvalue weighted by atomic mass is 10.1. The molecule has 0 aliphatic carbocycles. The number of hydrogen-bond acceptors (Lipinski definition) is 4. The van der Waals surface area contributed by atoms with Crippen LogP contribution in [0.1, 0.15) is 27.2 Å². The predicted molar refractivity (Wildman–Crippen MR) is 77.4 cm³/mol. The number of ether oxygens (including phenoxy) is 3. The third-order valence-corrected chi connectivity index (χ3v) is 2.61. The van der Waals surface area contributed by atoms with Crippen molar-refractivity contribution in [3.63, 3.8) is 0 Å². The van der Waals surface area contributed by atoms with Gasteiger partial charge in [-0.1, -0.05) is 6.07 Å². The molecule has 0 aliphatic rings. The van der Waals surface area contributed by atoms with Crippen molar-refractivity contribution >= 4 is 0 Å². The van der Waals surface area contributed by atoms with Gasteiger partial charge in [-0.15, -0.1) is 0 Å². The zero-order valence-electron chi connectivity index (χ0n) is 12.6. The molecule has 4 nitrogen and oxygen atoms in total. The Hall–Kier alpha value is -1.42. The van der Waals surface area contributed by atoms with E-state index < -0.39 is 0 Å². The van der Waals surface area contributed by atoms with Gasteiger partial charge in [-0.25, -0.2) is 0 Å². The summed E-state index contributed by atoms with van der Waals surface area (Å²) in [7, 11) is 3.26. The SMILES string of the molecule is COc1cccc(OC)c1OCCCNC(C)(C)C. The van der Waals surface area contributed by atoms with Crippen molar-refractivity contribution < 1.29 is 14.2 Å². The highest BCUT2D eigenvalue weighted by atomic mass is 16.5. The molecule has 19 heavy (non-hydrogen) atoms. The summed E-state index contributed by atoms with van der Waals surface area (Å²) in [4.78, 5) is 0. The minimum absolute atomic E-state index is 0.141. The van der Waals surface area contributed by atoms with Gasteiger partial charge in [0.15, 0.2) is 11.5 Å². The average molecular weight is 267 g/mol. The first-order chi connectivity index (χ1) is 8.98. The molecule has 0 heterocycles. The van der Waals surface area contributed by atoms with Gasteiger partial charge in [0.05, 0.1) is 20.8 Å². The van der Waals surface area contributed by atoms with Gasteiger partial charge in [-0.2, -0.15) is 0 Å². The van der Waals surface area contributed by atoms with E-state index in [1.54, 1.807) is 14.2 Å². The lowest BCUT2D eigenvalue weighted by Gasteiger charge is -2.20. The Morgan fingerprint density at radius 3 is 2.11 bits per heavy atom. The van der Waals surface area contributed by atoms with Gasteiger partial charge >= 0.3 is 0 Å². The topological polar surface area (TPSA) is 39.7 Å². The molecule has 0 amide bonds. The van der Waals surface area contributed by atoms with Crippen molar-refractivity contribution in [3.8, 4) is 17.2 Å². The van der Waals surface area contributed by atoms with Crippen LogP contribution in [-0.2, 0) is 0 Å². The lowest BCUT2D eigenvalue weighted by Crippen LogP contribution is -2.36. The van der Waals surface area contributed by atoms with Crippen molar-refractivity contribution in [2.75, 3.05) is 27.4 Å². The number of rotatable bonds is 7. The maximum atomic E-state index is 5.77. The maximum Gasteiger partial charge on any atom is 0.203 e. The van der Waals surface area contributed by atoms with E-state index in [0.717, 1.165) is 13.0 Å². The Bertz CT molecular complexity index is 363. The van der Waals surface area contributed by atoms with Crippen LogP contribution in [0.4, 0.5) is 0 Å². The Morgan fingerprint density at radius 2 is 1.63 bits per heavy atom. The third-order valence-electron chi connectivity index (χ3n) is 2.61. The van der Waals surface area contributed by atoms with Crippen LogP contribution >= 0.6 is 0 Å². The Balaban J connectivity index is 2.48. The lowest BCUT2D eigenvalue weighted by molar-refractivity contribution is 0.265. The summed E-state index contributed by atoms with van der Waals surface area (Å²) in [5.41, 5.74) is 0.141. The minimum atomic E-state index is 0.141. The number of para-hydroxylation sites is 1. The van der Waals surface area contributed by atoms with Gasteiger partial charge in [0.1, 0.15) is 0 Å². The molecule has 108 valence electrons. The second-order valence-electron chi connectivity index (χ2n) is 5.37. The van der Waals surface area contributed by atoms with Gasteiger partial charge in [-0.3, -0.25) is 0 Å². The van der Waals surface area contributed by atoms with E-state index in [-0.39, 0.29) is 5.54 Å². The van der Waals surface area contributed by atoms with Crippen LogP contribution in [0.25, 0.3) is 0 Å². The molecule has 1 rings (SSSR count). The highest BCUT2D eigenvalue weighted by Gasteiger charge is 2.11. The van der Waals surface area contributed by atoms with E-state index in [2.05, 4.69) is 26.1 Å². The first-order valence-corrected chi connectivity index (χ1v) is 6.57. The van der Waals surface area contributed by atoms with Crippen LogP contribution in [0.2, 0.25) is 0 Å². The molecule has 0 bridgehead atoms. The summed E-state index contributed by atoms with van der Waals surface area (Å²) >= 11 is 0. The molecule has 0 fully saturated rings. The Kier molecular flexibility index (Phi) is 5.96. The van der Waals surface area contributed by atoms with Crippen molar-refractivity contribution in [1.82, 2.24) is 5.32 Å². The zero-order valence-corrected chi connectivity index (χ0v) is 12.6. The van der Waals surface area contributed by atoms with Crippen LogP contribution in [0.3, 0.4) is 0 Å². The molecule has 0 saturated carbocycles. The van der Waals surface area contributed by atoms with Gasteiger partial charge in [0.25, 0.3) is 0 Å². The molecule has 0 aromatic heterocycles. The van der Waals surface area contributed by atoms with E-state index in [1.165, 1.54) is 0 Å². The van der Waals surface area contributed by atoms with Crippen LogP contribution in [0, 0.1) is 0 Å². The molecule has 0 spiro atoms. The molecule has 1 N–H and O–H groups in total. The predicted octanol–water partition coefficient (Wildman–Crippen LogP) is 2.86. The van der Waals surface area contributed by atoms with Crippen molar-refractivity contribution in [3.05, 3.63) is 18.2 Å². The summed E-state index contributed by atoms with van der Waals surface area (Å²) in [5, 5.41) is 3.42. The fraction of sp³-hybridized carbons (Fsp3) is 0.600. The van der Waals surface area contributed by atoms with Crippen molar-refractivity contribution in [2.45, 2.75) is 32.7 Å². The summed E-state index contributed by atoms with van der Waals surface area (Å²) < 4.78 is 16.3. The van der Waals surface area contributed by atoms with Crippen molar-refractivity contribution in [2.24, 2.45) is 0 Å². The number of hydrogen-bond donors (Lipinski definition) is 1. The zero-order chi connectivity index (χ0) is 14.3. The number of nitrogens with one attached hydrogen (secondary N) is 1. The number of benzene rings is 1. The molecule has 0 unspecified atom stereocenters.